The van der Waals surface area contributed by atoms with E-state index in [4.69, 9.17) is 0 Å². The Morgan fingerprint density at radius 3 is 0.111 bits per heavy atom. The quantitative estimate of drug-likeness (QED) is 0.314. The maximum atomic E-state index is 0. The van der Waals surface area contributed by atoms with Crippen LogP contribution in [0.4, 0.5) is 0 Å². The Bertz CT molecular complexity index is 15.3. The molecule has 18 heavy (non-hydrogen) atoms. The molecule has 0 spiro atoms. The molecule has 0 aliphatic rings. The standard InChI is InChI=1S/5Ca.13H2O.10H/h;;;;;13*1H2;;;;;;;;;;. The second-order valence-corrected chi connectivity index (χ2v) is 0. The first-order valence-electron chi connectivity index (χ1n) is 0. The SMILES string of the molecule is O.O.O.O.O.O.O.O.O.O.O.O.O.[CaH2].[CaH2].[CaH2].[CaH2].[CaH2]. The van der Waals surface area contributed by atoms with Gasteiger partial charge in [0.05, 0.1) is 0 Å². The summed E-state index contributed by atoms with van der Waals surface area (Å²) in [5.74, 6) is 0. The van der Waals surface area contributed by atoms with E-state index in [-0.39, 0.29) is 260 Å². The minimum absolute atomic E-state index is 0. The second-order valence-electron chi connectivity index (χ2n) is 0. The molecule has 0 aromatic heterocycles. The van der Waals surface area contributed by atoms with E-state index in [2.05, 4.69) is 0 Å². The Labute approximate surface area is 253 Å². The van der Waals surface area contributed by atoms with E-state index >= 15 is 0 Å². The summed E-state index contributed by atoms with van der Waals surface area (Å²) in [6, 6.07) is 0. The van der Waals surface area contributed by atoms with Gasteiger partial charge in [0, 0.05) is 0 Å². The van der Waals surface area contributed by atoms with Gasteiger partial charge in [0.15, 0.2) is 0 Å². The molecule has 0 aromatic rings. The van der Waals surface area contributed by atoms with Crippen LogP contribution in [0.15, 0.2) is 0 Å². The molecule has 0 radical (unpaired) electrons. The van der Waals surface area contributed by atoms with E-state index in [1.165, 1.54) is 0 Å². The van der Waals surface area contributed by atoms with Gasteiger partial charge >= 0.3 is 189 Å². The second kappa shape index (κ2) is 324. The molecule has 0 saturated heterocycles. The predicted molar refractivity (Wildman–Crippen MR) is 89.7 cm³/mol. The Morgan fingerprint density at radius 1 is 0.111 bits per heavy atom. The molecule has 0 rings (SSSR count). The van der Waals surface area contributed by atoms with Gasteiger partial charge in [0.2, 0.25) is 0 Å². The number of rotatable bonds is 0. The zero-order valence-electron chi connectivity index (χ0n) is 6.50. The van der Waals surface area contributed by atoms with Crippen LogP contribution in [0.1, 0.15) is 0 Å². The van der Waals surface area contributed by atoms with Crippen molar-refractivity contribution >= 4 is 189 Å². The van der Waals surface area contributed by atoms with Crippen LogP contribution in [0.3, 0.4) is 0 Å². The summed E-state index contributed by atoms with van der Waals surface area (Å²) in [5, 5.41) is 0. The summed E-state index contributed by atoms with van der Waals surface area (Å²) in [5.41, 5.74) is 0. The van der Waals surface area contributed by atoms with Gasteiger partial charge in [-0.15, -0.1) is 0 Å². The van der Waals surface area contributed by atoms with Crippen LogP contribution in [0.5, 0.6) is 0 Å². The van der Waals surface area contributed by atoms with Crippen LogP contribution >= 0.6 is 0 Å². The van der Waals surface area contributed by atoms with Crippen molar-refractivity contribution in [2.24, 2.45) is 0 Å². The summed E-state index contributed by atoms with van der Waals surface area (Å²) in [7, 11) is 0. The fraction of sp³-hybridized carbons (Fsp3) is 0. The minimum atomic E-state index is 0. The van der Waals surface area contributed by atoms with E-state index in [0.29, 0.717) is 0 Å². The van der Waals surface area contributed by atoms with Gasteiger partial charge in [0.25, 0.3) is 0 Å². The average Bonchev–Trinajstić information content (AvgIpc) is 0. The van der Waals surface area contributed by atoms with Crippen molar-refractivity contribution in [3.63, 3.8) is 0 Å². The third-order valence-electron chi connectivity index (χ3n) is 0. The van der Waals surface area contributed by atoms with Gasteiger partial charge in [-0.25, -0.2) is 0 Å². The van der Waals surface area contributed by atoms with Crippen molar-refractivity contribution in [1.82, 2.24) is 0 Å². The summed E-state index contributed by atoms with van der Waals surface area (Å²) in [6.07, 6.45) is 0. The summed E-state index contributed by atoms with van der Waals surface area (Å²) >= 11 is 0. The van der Waals surface area contributed by atoms with Gasteiger partial charge < -0.3 is 71.2 Å². The van der Waals surface area contributed by atoms with Gasteiger partial charge in [-0.05, 0) is 0 Å². The van der Waals surface area contributed by atoms with Gasteiger partial charge in [-0.1, -0.05) is 0 Å². The molecular weight excluding hydrogens is 408 g/mol. The van der Waals surface area contributed by atoms with Crippen LogP contribution < -0.4 is 0 Å². The van der Waals surface area contributed by atoms with Crippen LogP contribution in [0.25, 0.3) is 0 Å². The molecule has 0 aliphatic heterocycles. The molecule has 26 N–H and O–H groups in total. The van der Waals surface area contributed by atoms with Crippen LogP contribution in [-0.2, 0) is 0 Å². The van der Waals surface area contributed by atoms with E-state index in [0.717, 1.165) is 0 Å². The fourth-order valence-electron chi connectivity index (χ4n) is 0. The Balaban J connectivity index is 0. The Morgan fingerprint density at radius 2 is 0.111 bits per heavy atom. The maximum absolute atomic E-state index is 0. The molecule has 13 nitrogen and oxygen atoms in total. The third-order valence-corrected chi connectivity index (χ3v) is 0. The average molecular weight is 445 g/mol. The topological polar surface area (TPSA) is 410 Å². The van der Waals surface area contributed by atoms with Crippen molar-refractivity contribution in [2.75, 3.05) is 0 Å². The molecule has 18 heteroatoms. The van der Waals surface area contributed by atoms with E-state index < -0.39 is 0 Å². The van der Waals surface area contributed by atoms with E-state index in [1.54, 1.807) is 0 Å². The van der Waals surface area contributed by atoms with Crippen LogP contribution in [0, 0.1) is 0 Å². The molecule has 0 aliphatic carbocycles. The molecule has 0 amide bonds. The molecule has 0 atom stereocenters. The van der Waals surface area contributed by atoms with Crippen molar-refractivity contribution in [1.29, 1.82) is 0 Å². The third kappa shape index (κ3) is 282. The predicted octanol–water partition coefficient (Wildman–Crippen LogP) is -15.3. The number of hydrogen-bond donors (Lipinski definition) is 0. The zero-order chi connectivity index (χ0) is 0. The molecule has 0 aromatic carbocycles. The van der Waals surface area contributed by atoms with Crippen molar-refractivity contribution < 1.29 is 71.2 Å². The first kappa shape index (κ1) is 369. The monoisotopic (exact) mass is 444 g/mol. The van der Waals surface area contributed by atoms with Crippen LogP contribution in [-0.4, -0.2) is 260 Å². The van der Waals surface area contributed by atoms with Crippen molar-refractivity contribution in [3.8, 4) is 0 Å². The van der Waals surface area contributed by atoms with Gasteiger partial charge in [-0.3, -0.25) is 0 Å². The van der Waals surface area contributed by atoms with Crippen LogP contribution in [0.2, 0.25) is 0 Å². The molecule has 0 saturated carbocycles. The van der Waals surface area contributed by atoms with Gasteiger partial charge in [0.1, 0.15) is 0 Å². The molecular formula is H36Ca5O13. The summed E-state index contributed by atoms with van der Waals surface area (Å²) in [6.45, 7) is 0. The summed E-state index contributed by atoms with van der Waals surface area (Å²) < 4.78 is 0. The number of hydrogen-bond acceptors (Lipinski definition) is 0. The van der Waals surface area contributed by atoms with E-state index in [1.807, 2.05) is 0 Å². The van der Waals surface area contributed by atoms with Gasteiger partial charge in [-0.2, -0.15) is 0 Å². The van der Waals surface area contributed by atoms with E-state index in [9.17, 15) is 0 Å². The Kier molecular flexibility index (Phi) is 6640. The van der Waals surface area contributed by atoms with Crippen molar-refractivity contribution in [2.45, 2.75) is 0 Å². The fourth-order valence-corrected chi connectivity index (χ4v) is 0. The first-order chi connectivity index (χ1) is 0. The van der Waals surface area contributed by atoms with Crippen molar-refractivity contribution in [3.05, 3.63) is 0 Å². The molecule has 0 fully saturated rings. The zero-order valence-corrected chi connectivity index (χ0v) is 6.50. The molecule has 124 valence electrons. The molecule has 0 bridgehead atoms. The normalized spacial score (nSPS) is 0. The Hall–Kier alpha value is 5.78. The summed E-state index contributed by atoms with van der Waals surface area (Å²) in [4.78, 5) is 0. The molecule has 0 heterocycles. The molecule has 0 unspecified atom stereocenters. The first-order valence-corrected chi connectivity index (χ1v) is 0.